The molecule has 0 radical (unpaired) electrons. The van der Waals surface area contributed by atoms with E-state index in [1.54, 1.807) is 0 Å². The Balaban J connectivity index is 1.80. The first-order chi connectivity index (χ1) is 13.2. The molecule has 3 N–H and O–H groups in total. The van der Waals surface area contributed by atoms with E-state index >= 15 is 0 Å². The molecule has 1 unspecified atom stereocenters. The summed E-state index contributed by atoms with van der Waals surface area (Å²) >= 11 is 1.30. The van der Waals surface area contributed by atoms with Gasteiger partial charge in [0.25, 0.3) is 5.91 Å². The first-order valence-corrected chi connectivity index (χ1v) is 11.3. The summed E-state index contributed by atoms with van der Waals surface area (Å²) in [6.07, 6.45) is 2.49. The van der Waals surface area contributed by atoms with Gasteiger partial charge in [-0.05, 0) is 55.0 Å². The van der Waals surface area contributed by atoms with E-state index in [1.165, 1.54) is 42.7 Å². The SMILES string of the molecule is COc1ccc(S(=O)(=O)CC(=O)Nc2sc3c(c2C(N)=O)CCC(C)C3)cc1. The van der Waals surface area contributed by atoms with Crippen molar-refractivity contribution in [2.75, 3.05) is 18.2 Å². The van der Waals surface area contributed by atoms with Gasteiger partial charge in [0, 0.05) is 4.88 Å². The van der Waals surface area contributed by atoms with Crippen LogP contribution >= 0.6 is 11.3 Å². The van der Waals surface area contributed by atoms with E-state index in [1.807, 2.05) is 0 Å². The number of sulfone groups is 1. The monoisotopic (exact) mass is 422 g/mol. The third-order valence-corrected chi connectivity index (χ3v) is 7.55. The predicted octanol–water partition coefficient (Wildman–Crippen LogP) is 2.39. The standard InChI is InChI=1S/C19H22N2O5S2/c1-11-3-8-14-15(9-11)27-19(17(14)18(20)23)21-16(22)10-28(24,25)13-6-4-12(26-2)5-7-13/h4-7,11H,3,8-10H2,1-2H3,(H2,20,23)(H,21,22). The number of amides is 2. The van der Waals surface area contributed by atoms with Crippen molar-refractivity contribution in [3.05, 3.63) is 40.3 Å². The molecule has 1 aliphatic rings. The fraction of sp³-hybridized carbons (Fsp3) is 0.368. The van der Waals surface area contributed by atoms with Crippen molar-refractivity contribution < 1.29 is 22.7 Å². The third-order valence-electron chi connectivity index (χ3n) is 4.75. The van der Waals surface area contributed by atoms with Crippen molar-refractivity contribution in [2.24, 2.45) is 11.7 Å². The molecule has 1 atom stereocenters. The second kappa shape index (κ2) is 7.92. The number of nitrogens with two attached hydrogens (primary N) is 1. The van der Waals surface area contributed by atoms with E-state index in [2.05, 4.69) is 12.2 Å². The van der Waals surface area contributed by atoms with Gasteiger partial charge in [0.1, 0.15) is 16.5 Å². The number of fused-ring (bicyclic) bond motifs is 1. The highest BCUT2D eigenvalue weighted by Gasteiger charge is 2.28. The molecule has 0 saturated carbocycles. The minimum Gasteiger partial charge on any atom is -0.497 e. The number of nitrogens with one attached hydrogen (secondary N) is 1. The van der Waals surface area contributed by atoms with Gasteiger partial charge in [-0.3, -0.25) is 9.59 Å². The summed E-state index contributed by atoms with van der Waals surface area (Å²) < 4.78 is 30.0. The van der Waals surface area contributed by atoms with Gasteiger partial charge in [-0.25, -0.2) is 8.42 Å². The highest BCUT2D eigenvalue weighted by molar-refractivity contribution is 7.92. The van der Waals surface area contributed by atoms with Gasteiger partial charge in [-0.15, -0.1) is 11.3 Å². The van der Waals surface area contributed by atoms with Crippen LogP contribution in [0.1, 0.15) is 34.1 Å². The largest absolute Gasteiger partial charge is 0.497 e. The zero-order valence-corrected chi connectivity index (χ0v) is 17.3. The van der Waals surface area contributed by atoms with Crippen LogP contribution in [0.25, 0.3) is 0 Å². The molecule has 1 aromatic carbocycles. The molecule has 0 fully saturated rings. The Bertz CT molecular complexity index is 1010. The van der Waals surface area contributed by atoms with Crippen molar-refractivity contribution in [1.29, 1.82) is 0 Å². The van der Waals surface area contributed by atoms with Gasteiger partial charge >= 0.3 is 0 Å². The Morgan fingerprint density at radius 3 is 2.57 bits per heavy atom. The van der Waals surface area contributed by atoms with E-state index in [4.69, 9.17) is 10.5 Å². The number of rotatable bonds is 6. The van der Waals surface area contributed by atoms with E-state index in [0.717, 1.165) is 29.7 Å². The molecule has 1 aromatic heterocycles. The molecule has 0 bridgehead atoms. The molecule has 9 heteroatoms. The average molecular weight is 423 g/mol. The fourth-order valence-electron chi connectivity index (χ4n) is 3.30. The second-order valence-electron chi connectivity index (χ2n) is 6.90. The van der Waals surface area contributed by atoms with Gasteiger partial charge in [0.2, 0.25) is 5.91 Å². The van der Waals surface area contributed by atoms with Gasteiger partial charge in [0.15, 0.2) is 9.84 Å². The van der Waals surface area contributed by atoms with Gasteiger partial charge < -0.3 is 15.8 Å². The average Bonchev–Trinajstić information content (AvgIpc) is 2.97. The van der Waals surface area contributed by atoms with Crippen molar-refractivity contribution in [1.82, 2.24) is 0 Å². The maximum absolute atomic E-state index is 12.5. The van der Waals surface area contributed by atoms with Crippen LogP contribution in [0.3, 0.4) is 0 Å². The molecule has 1 aliphatic carbocycles. The molecular weight excluding hydrogens is 400 g/mol. The van der Waals surface area contributed by atoms with E-state index in [9.17, 15) is 18.0 Å². The lowest BCUT2D eigenvalue weighted by molar-refractivity contribution is -0.113. The van der Waals surface area contributed by atoms with Crippen molar-refractivity contribution in [3.63, 3.8) is 0 Å². The number of carbonyl (C=O) groups excluding carboxylic acids is 2. The molecule has 2 aromatic rings. The first-order valence-electron chi connectivity index (χ1n) is 8.82. The Morgan fingerprint density at radius 1 is 1.29 bits per heavy atom. The van der Waals surface area contributed by atoms with Crippen LogP contribution in [0.2, 0.25) is 0 Å². The van der Waals surface area contributed by atoms with E-state index < -0.39 is 27.4 Å². The van der Waals surface area contributed by atoms with Crippen LogP contribution in [0, 0.1) is 5.92 Å². The number of thiophene rings is 1. The van der Waals surface area contributed by atoms with Crippen LogP contribution in [-0.2, 0) is 27.5 Å². The van der Waals surface area contributed by atoms with Gasteiger partial charge in [-0.1, -0.05) is 6.92 Å². The quantitative estimate of drug-likeness (QED) is 0.742. The molecule has 0 saturated heterocycles. The maximum atomic E-state index is 12.5. The van der Waals surface area contributed by atoms with Crippen LogP contribution in [-0.4, -0.2) is 33.1 Å². The Morgan fingerprint density at radius 2 is 1.96 bits per heavy atom. The molecular formula is C19H22N2O5S2. The third kappa shape index (κ3) is 4.20. The van der Waals surface area contributed by atoms with Crippen molar-refractivity contribution in [2.45, 2.75) is 31.1 Å². The molecule has 150 valence electrons. The minimum absolute atomic E-state index is 0.0258. The topological polar surface area (TPSA) is 116 Å². The highest BCUT2D eigenvalue weighted by Crippen LogP contribution is 2.39. The Labute approximate surface area is 167 Å². The van der Waals surface area contributed by atoms with Crippen LogP contribution in [0.4, 0.5) is 5.00 Å². The van der Waals surface area contributed by atoms with Crippen LogP contribution in [0.15, 0.2) is 29.2 Å². The van der Waals surface area contributed by atoms with E-state index in [-0.39, 0.29) is 4.90 Å². The number of ether oxygens (including phenoxy) is 1. The van der Waals surface area contributed by atoms with Crippen molar-refractivity contribution >= 4 is 38.0 Å². The minimum atomic E-state index is -3.83. The smallest absolute Gasteiger partial charge is 0.251 e. The van der Waals surface area contributed by atoms with Crippen LogP contribution in [0.5, 0.6) is 5.75 Å². The van der Waals surface area contributed by atoms with Crippen molar-refractivity contribution in [3.8, 4) is 5.75 Å². The molecule has 28 heavy (non-hydrogen) atoms. The first kappa shape index (κ1) is 20.3. The number of benzene rings is 1. The molecule has 2 amide bonds. The molecule has 0 aliphatic heterocycles. The summed E-state index contributed by atoms with van der Waals surface area (Å²) in [6.45, 7) is 2.13. The number of hydrogen-bond acceptors (Lipinski definition) is 6. The zero-order chi connectivity index (χ0) is 20.5. The normalized spacial score (nSPS) is 16.3. The highest BCUT2D eigenvalue weighted by atomic mass is 32.2. The zero-order valence-electron chi connectivity index (χ0n) is 15.7. The van der Waals surface area contributed by atoms with Crippen LogP contribution < -0.4 is 15.8 Å². The number of primary amides is 1. The molecule has 0 spiro atoms. The lowest BCUT2D eigenvalue weighted by Gasteiger charge is -2.18. The lowest BCUT2D eigenvalue weighted by Crippen LogP contribution is -2.24. The summed E-state index contributed by atoms with van der Waals surface area (Å²) in [5.74, 6) is -1.03. The summed E-state index contributed by atoms with van der Waals surface area (Å²) in [5.41, 5.74) is 6.71. The Hall–Kier alpha value is -2.39. The van der Waals surface area contributed by atoms with Gasteiger partial charge in [-0.2, -0.15) is 0 Å². The summed E-state index contributed by atoms with van der Waals surface area (Å²) in [5, 5.41) is 2.92. The maximum Gasteiger partial charge on any atom is 0.251 e. The molecule has 3 rings (SSSR count). The molecule has 1 heterocycles. The fourth-order valence-corrected chi connectivity index (χ4v) is 5.87. The number of hydrogen-bond donors (Lipinski definition) is 2. The number of anilines is 1. The summed E-state index contributed by atoms with van der Waals surface area (Å²) in [7, 11) is -2.35. The molecule has 7 nitrogen and oxygen atoms in total. The number of methoxy groups -OCH3 is 1. The summed E-state index contributed by atoms with van der Waals surface area (Å²) in [6, 6.07) is 5.82. The summed E-state index contributed by atoms with van der Waals surface area (Å²) in [4.78, 5) is 25.4. The predicted molar refractivity (Wildman–Crippen MR) is 108 cm³/mol. The van der Waals surface area contributed by atoms with Gasteiger partial charge in [0.05, 0.1) is 17.6 Å². The second-order valence-corrected chi connectivity index (χ2v) is 10.00. The van der Waals surface area contributed by atoms with E-state index in [0.29, 0.717) is 22.2 Å². The lowest BCUT2D eigenvalue weighted by atomic mass is 9.88. The number of carbonyl (C=O) groups is 2. The Kier molecular flexibility index (Phi) is 5.76.